The van der Waals surface area contributed by atoms with E-state index >= 15 is 0 Å². The summed E-state index contributed by atoms with van der Waals surface area (Å²) in [4.78, 5) is 26.6. The first kappa shape index (κ1) is 21.7. The molecular formula is C26H22N4O3S. The van der Waals surface area contributed by atoms with E-state index in [9.17, 15) is 9.59 Å². The van der Waals surface area contributed by atoms with Crippen molar-refractivity contribution in [2.45, 2.75) is 19.6 Å². The Morgan fingerprint density at radius 3 is 2.50 bits per heavy atom. The van der Waals surface area contributed by atoms with Crippen LogP contribution in [0.4, 0.5) is 4.79 Å². The molecule has 0 bridgehead atoms. The molecule has 34 heavy (non-hydrogen) atoms. The van der Waals surface area contributed by atoms with E-state index in [2.05, 4.69) is 10.6 Å². The minimum Gasteiger partial charge on any atom is -0.457 e. The van der Waals surface area contributed by atoms with Gasteiger partial charge in [0.2, 0.25) is 0 Å². The lowest BCUT2D eigenvalue weighted by molar-refractivity contribution is -0.140. The maximum atomic E-state index is 13.3. The lowest BCUT2D eigenvalue weighted by atomic mass is 9.95. The van der Waals surface area contributed by atoms with Crippen molar-refractivity contribution >= 4 is 23.3 Å². The molecule has 1 aliphatic heterocycles. The van der Waals surface area contributed by atoms with Crippen molar-refractivity contribution < 1.29 is 14.3 Å². The summed E-state index contributed by atoms with van der Waals surface area (Å²) in [5, 5.41) is 12.4. The van der Waals surface area contributed by atoms with Crippen LogP contribution >= 0.6 is 11.3 Å². The van der Waals surface area contributed by atoms with Gasteiger partial charge in [0.25, 0.3) is 0 Å². The third-order valence-corrected chi connectivity index (χ3v) is 6.41. The maximum absolute atomic E-state index is 13.3. The predicted octanol–water partition coefficient (Wildman–Crippen LogP) is 4.97. The molecule has 7 nitrogen and oxygen atoms in total. The van der Waals surface area contributed by atoms with Crippen LogP contribution in [0.25, 0.3) is 16.3 Å². The van der Waals surface area contributed by atoms with Gasteiger partial charge in [-0.15, -0.1) is 11.3 Å². The molecule has 0 fully saturated rings. The fourth-order valence-corrected chi connectivity index (χ4v) is 4.65. The van der Waals surface area contributed by atoms with E-state index in [-0.39, 0.29) is 12.6 Å². The van der Waals surface area contributed by atoms with Crippen molar-refractivity contribution in [1.82, 2.24) is 20.4 Å². The number of allylic oxidation sites excluding steroid dienone is 1. The minimum atomic E-state index is -0.716. The van der Waals surface area contributed by atoms with E-state index in [0.717, 1.165) is 16.1 Å². The number of hydrogen-bond acceptors (Lipinski definition) is 5. The van der Waals surface area contributed by atoms with Gasteiger partial charge >= 0.3 is 12.0 Å². The van der Waals surface area contributed by atoms with Crippen LogP contribution in [0.5, 0.6) is 0 Å². The highest BCUT2D eigenvalue weighted by Gasteiger charge is 2.35. The van der Waals surface area contributed by atoms with Gasteiger partial charge in [0.15, 0.2) is 0 Å². The Bertz CT molecular complexity index is 1350. The lowest BCUT2D eigenvalue weighted by Gasteiger charge is -2.27. The summed E-state index contributed by atoms with van der Waals surface area (Å²) in [6, 6.07) is 22.0. The number of urea groups is 1. The van der Waals surface area contributed by atoms with E-state index in [0.29, 0.717) is 22.5 Å². The number of ether oxygens (including phenoxy) is 1. The first-order valence-corrected chi connectivity index (χ1v) is 11.7. The second-order valence-corrected chi connectivity index (χ2v) is 8.77. The highest BCUT2D eigenvalue weighted by atomic mass is 32.1. The van der Waals surface area contributed by atoms with Crippen molar-refractivity contribution in [3.05, 3.63) is 107 Å². The van der Waals surface area contributed by atoms with Crippen LogP contribution < -0.4 is 10.6 Å². The molecule has 2 aromatic heterocycles. The number of para-hydroxylation sites is 1. The number of benzene rings is 2. The summed E-state index contributed by atoms with van der Waals surface area (Å²) >= 11 is 1.55. The molecule has 1 atom stereocenters. The summed E-state index contributed by atoms with van der Waals surface area (Å²) in [6.07, 6.45) is 1.86. The van der Waals surface area contributed by atoms with Gasteiger partial charge in [-0.3, -0.25) is 0 Å². The van der Waals surface area contributed by atoms with Crippen LogP contribution in [0.1, 0.15) is 24.1 Å². The number of hydrogen-bond donors (Lipinski definition) is 2. The largest absolute Gasteiger partial charge is 0.457 e. The van der Waals surface area contributed by atoms with E-state index in [1.54, 1.807) is 22.9 Å². The number of carbonyl (C=O) groups excluding carboxylic acids is 2. The summed E-state index contributed by atoms with van der Waals surface area (Å²) < 4.78 is 7.40. The third-order valence-electron chi connectivity index (χ3n) is 5.53. The number of thiophene rings is 1. The summed E-state index contributed by atoms with van der Waals surface area (Å²) in [6.45, 7) is 1.84. The molecule has 0 saturated heterocycles. The summed E-state index contributed by atoms with van der Waals surface area (Å²) in [7, 11) is 0. The Morgan fingerprint density at radius 1 is 1.06 bits per heavy atom. The Balaban J connectivity index is 1.55. The monoisotopic (exact) mass is 470 g/mol. The zero-order valence-corrected chi connectivity index (χ0v) is 19.2. The van der Waals surface area contributed by atoms with Crippen molar-refractivity contribution in [3.63, 3.8) is 0 Å². The number of nitrogens with one attached hydrogen (secondary N) is 2. The topological polar surface area (TPSA) is 85.2 Å². The average Bonchev–Trinajstić information content (AvgIpc) is 3.53. The fourth-order valence-electron chi connectivity index (χ4n) is 3.91. The predicted molar refractivity (Wildman–Crippen MR) is 130 cm³/mol. The van der Waals surface area contributed by atoms with Crippen molar-refractivity contribution in [3.8, 4) is 16.3 Å². The Morgan fingerprint density at radius 2 is 1.79 bits per heavy atom. The van der Waals surface area contributed by atoms with Gasteiger partial charge in [-0.1, -0.05) is 54.6 Å². The number of nitrogens with zero attached hydrogens (tertiary/aromatic N) is 2. The molecule has 0 unspecified atom stereocenters. The molecule has 170 valence electrons. The van der Waals surface area contributed by atoms with E-state index < -0.39 is 12.0 Å². The van der Waals surface area contributed by atoms with Gasteiger partial charge in [-0.2, -0.15) is 5.10 Å². The number of esters is 1. The Kier molecular flexibility index (Phi) is 5.97. The molecule has 2 amide bonds. The first-order valence-electron chi connectivity index (χ1n) is 10.8. The Hall–Kier alpha value is -4.17. The average molecular weight is 471 g/mol. The van der Waals surface area contributed by atoms with Crippen LogP contribution in [0.2, 0.25) is 0 Å². The SMILES string of the molecule is CC1=C(C(=O)OCc2ccccc2)[C@@H](c2cn(-c3ccccc3)nc2-c2cccs2)NC(=O)N1. The van der Waals surface area contributed by atoms with Crippen LogP contribution in [0.15, 0.2) is 95.6 Å². The van der Waals surface area contributed by atoms with Gasteiger partial charge in [0.1, 0.15) is 12.3 Å². The van der Waals surface area contributed by atoms with Gasteiger partial charge < -0.3 is 15.4 Å². The molecule has 2 aromatic carbocycles. The van der Waals surface area contributed by atoms with Crippen LogP contribution in [-0.2, 0) is 16.1 Å². The zero-order valence-electron chi connectivity index (χ0n) is 18.4. The van der Waals surface area contributed by atoms with E-state index in [4.69, 9.17) is 9.84 Å². The standard InChI is InChI=1S/C26H22N4O3S/c1-17-22(25(31)33-16-18-9-4-2-5-10-18)24(28-26(32)27-17)20-15-30(19-11-6-3-7-12-19)29-23(20)21-13-8-14-34-21/h2-15,24H,16H2,1H3,(H2,27,28,32)/t24-/m1/s1. The molecule has 8 heteroatoms. The molecule has 1 aliphatic rings. The van der Waals surface area contributed by atoms with Gasteiger partial charge in [-0.25, -0.2) is 14.3 Å². The van der Waals surface area contributed by atoms with Crippen LogP contribution in [0, 0.1) is 0 Å². The van der Waals surface area contributed by atoms with Crippen molar-refractivity contribution in [1.29, 1.82) is 0 Å². The minimum absolute atomic E-state index is 0.137. The third kappa shape index (κ3) is 4.35. The fraction of sp³-hybridized carbons (Fsp3) is 0.115. The molecule has 5 rings (SSSR count). The molecule has 4 aromatic rings. The maximum Gasteiger partial charge on any atom is 0.338 e. The molecule has 2 N–H and O–H groups in total. The number of rotatable bonds is 6. The number of amides is 2. The first-order chi connectivity index (χ1) is 16.6. The normalized spacial score (nSPS) is 15.6. The quantitative estimate of drug-likeness (QED) is 0.390. The second-order valence-electron chi connectivity index (χ2n) is 7.82. The van der Waals surface area contributed by atoms with Crippen LogP contribution in [-0.4, -0.2) is 21.8 Å². The molecule has 3 heterocycles. The second kappa shape index (κ2) is 9.36. The van der Waals surface area contributed by atoms with Crippen molar-refractivity contribution in [2.75, 3.05) is 0 Å². The van der Waals surface area contributed by atoms with Gasteiger partial charge in [-0.05, 0) is 36.1 Å². The molecule has 0 radical (unpaired) electrons. The molecular weight excluding hydrogens is 448 g/mol. The Labute approximate surface area is 200 Å². The van der Waals surface area contributed by atoms with E-state index in [1.807, 2.05) is 84.4 Å². The summed E-state index contributed by atoms with van der Waals surface area (Å²) in [5.41, 5.74) is 3.98. The van der Waals surface area contributed by atoms with Crippen molar-refractivity contribution in [2.24, 2.45) is 0 Å². The van der Waals surface area contributed by atoms with Crippen LogP contribution in [0.3, 0.4) is 0 Å². The van der Waals surface area contributed by atoms with Gasteiger partial charge in [0, 0.05) is 17.5 Å². The summed E-state index contributed by atoms with van der Waals surface area (Å²) in [5.74, 6) is -0.497. The van der Waals surface area contributed by atoms with E-state index in [1.165, 1.54) is 0 Å². The lowest BCUT2D eigenvalue weighted by Crippen LogP contribution is -2.45. The number of carbonyl (C=O) groups is 2. The zero-order chi connectivity index (χ0) is 23.5. The highest BCUT2D eigenvalue weighted by molar-refractivity contribution is 7.13. The molecule has 0 saturated carbocycles. The smallest absolute Gasteiger partial charge is 0.338 e. The molecule has 0 spiro atoms. The molecule has 0 aliphatic carbocycles. The number of aromatic nitrogens is 2. The van der Waals surface area contributed by atoms with Gasteiger partial charge in [0.05, 0.1) is 22.2 Å². The highest BCUT2D eigenvalue weighted by Crippen LogP contribution is 2.36.